The highest BCUT2D eigenvalue weighted by molar-refractivity contribution is 7.89. The number of hydrogen-bond donors (Lipinski definition) is 1. The number of piperazine rings is 1. The third-order valence-corrected chi connectivity index (χ3v) is 6.52. The number of methoxy groups -OCH3 is 2. The Hall–Kier alpha value is -2.31. The highest BCUT2D eigenvalue weighted by Gasteiger charge is 2.37. The molecular weight excluding hydrogens is 402 g/mol. The van der Waals surface area contributed by atoms with Crippen molar-refractivity contribution in [3.63, 3.8) is 0 Å². The van der Waals surface area contributed by atoms with E-state index in [2.05, 4.69) is 5.32 Å². The molecule has 1 saturated heterocycles. The molecule has 28 heavy (non-hydrogen) atoms. The van der Waals surface area contributed by atoms with E-state index in [1.165, 1.54) is 29.6 Å². The quantitative estimate of drug-likeness (QED) is 0.793. The van der Waals surface area contributed by atoms with Crippen molar-refractivity contribution in [3.8, 4) is 17.6 Å². The van der Waals surface area contributed by atoms with Crippen molar-refractivity contribution in [2.24, 2.45) is 0 Å². The number of para-hydroxylation sites is 1. The number of sulfonamides is 1. The molecule has 2 aromatic rings. The molecule has 150 valence electrons. The minimum Gasteiger partial charge on any atom is -0.496 e. The summed E-state index contributed by atoms with van der Waals surface area (Å²) in [4.78, 5) is 0.0470. The summed E-state index contributed by atoms with van der Waals surface area (Å²) in [5.74, 6) is 0.796. The lowest BCUT2D eigenvalue weighted by atomic mass is 10.0. The maximum absolute atomic E-state index is 13.4. The van der Waals surface area contributed by atoms with Crippen LogP contribution in [0.1, 0.15) is 17.2 Å². The maximum atomic E-state index is 13.4. The molecule has 9 heteroatoms. The zero-order valence-electron chi connectivity index (χ0n) is 15.6. The Morgan fingerprint density at radius 2 is 1.86 bits per heavy atom. The monoisotopic (exact) mass is 423 g/mol. The van der Waals surface area contributed by atoms with E-state index in [-0.39, 0.29) is 23.1 Å². The molecule has 1 fully saturated rings. The van der Waals surface area contributed by atoms with E-state index in [1.807, 2.05) is 30.3 Å². The molecule has 1 aliphatic rings. The zero-order valence-corrected chi connectivity index (χ0v) is 17.2. The number of benzene rings is 2. The Labute approximate surface area is 171 Å². The molecule has 3 rings (SSSR count). The van der Waals surface area contributed by atoms with E-state index in [9.17, 15) is 8.42 Å². The first-order valence-electron chi connectivity index (χ1n) is 8.46. The summed E-state index contributed by atoms with van der Waals surface area (Å²) in [6.07, 6.45) is 0. The standard InChI is InChI=1S/C19H21N3O4S.ClH/c1-25-17-6-4-3-5-15(17)16-13-21-9-10-22(16)27(23,24)19-8-7-14(12-20)11-18(19)26-2;/h3-8,11,16,21H,9-10,13H2,1-2H3;1H. The van der Waals surface area contributed by atoms with Gasteiger partial charge in [-0.2, -0.15) is 9.57 Å². The van der Waals surface area contributed by atoms with Crippen LogP contribution in [0.2, 0.25) is 0 Å². The normalized spacial score (nSPS) is 17.2. The topological polar surface area (TPSA) is 91.7 Å². The van der Waals surface area contributed by atoms with Gasteiger partial charge < -0.3 is 14.8 Å². The molecule has 1 atom stereocenters. The lowest BCUT2D eigenvalue weighted by Gasteiger charge is -2.36. The Bertz CT molecular complexity index is 975. The van der Waals surface area contributed by atoms with Gasteiger partial charge in [0.1, 0.15) is 16.4 Å². The Morgan fingerprint density at radius 3 is 2.54 bits per heavy atom. The summed E-state index contributed by atoms with van der Waals surface area (Å²) < 4.78 is 39.0. The summed E-state index contributed by atoms with van der Waals surface area (Å²) >= 11 is 0. The van der Waals surface area contributed by atoms with Gasteiger partial charge in [0.2, 0.25) is 10.0 Å². The summed E-state index contributed by atoms with van der Waals surface area (Å²) in [6, 6.07) is 13.3. The highest BCUT2D eigenvalue weighted by Crippen LogP contribution is 2.36. The first-order valence-corrected chi connectivity index (χ1v) is 9.90. The second-order valence-corrected chi connectivity index (χ2v) is 7.91. The fourth-order valence-corrected chi connectivity index (χ4v) is 5.00. The van der Waals surface area contributed by atoms with Gasteiger partial charge in [-0.05, 0) is 24.3 Å². The number of ether oxygens (including phenoxy) is 2. The third kappa shape index (κ3) is 4.08. The molecule has 1 aliphatic heterocycles. The van der Waals surface area contributed by atoms with Crippen molar-refractivity contribution in [2.75, 3.05) is 33.9 Å². The lowest BCUT2D eigenvalue weighted by Crippen LogP contribution is -2.48. The largest absolute Gasteiger partial charge is 0.496 e. The number of rotatable bonds is 5. The third-order valence-electron chi connectivity index (χ3n) is 4.57. The molecule has 0 spiro atoms. The number of nitrogens with one attached hydrogen (secondary N) is 1. The van der Waals surface area contributed by atoms with Crippen LogP contribution in [0, 0.1) is 11.3 Å². The molecule has 0 bridgehead atoms. The maximum Gasteiger partial charge on any atom is 0.247 e. The number of nitrogens with zero attached hydrogens (tertiary/aromatic N) is 2. The fourth-order valence-electron chi connectivity index (χ4n) is 3.26. The predicted molar refractivity (Wildman–Crippen MR) is 107 cm³/mol. The molecule has 0 aromatic heterocycles. The van der Waals surface area contributed by atoms with Crippen molar-refractivity contribution in [3.05, 3.63) is 53.6 Å². The van der Waals surface area contributed by atoms with E-state index < -0.39 is 16.1 Å². The van der Waals surface area contributed by atoms with Crippen LogP contribution in [-0.4, -0.2) is 46.6 Å². The summed E-state index contributed by atoms with van der Waals surface area (Å²) in [5.41, 5.74) is 1.13. The van der Waals surface area contributed by atoms with E-state index in [0.29, 0.717) is 30.9 Å². The van der Waals surface area contributed by atoms with Gasteiger partial charge in [0.05, 0.1) is 31.9 Å². The van der Waals surface area contributed by atoms with Crippen molar-refractivity contribution in [1.29, 1.82) is 5.26 Å². The van der Waals surface area contributed by atoms with Crippen molar-refractivity contribution >= 4 is 22.4 Å². The number of hydrogen-bond acceptors (Lipinski definition) is 6. The Kier molecular flexibility index (Phi) is 7.27. The Balaban J connectivity index is 0.00000280. The van der Waals surface area contributed by atoms with Gasteiger partial charge in [-0.3, -0.25) is 0 Å². The average molecular weight is 424 g/mol. The van der Waals surface area contributed by atoms with Crippen LogP contribution in [-0.2, 0) is 10.0 Å². The van der Waals surface area contributed by atoms with E-state index in [0.717, 1.165) is 5.56 Å². The second kappa shape index (κ2) is 9.26. The molecule has 0 saturated carbocycles. The van der Waals surface area contributed by atoms with Crippen LogP contribution >= 0.6 is 12.4 Å². The molecule has 1 N–H and O–H groups in total. The van der Waals surface area contributed by atoms with Gasteiger partial charge in [0.15, 0.2) is 0 Å². The highest BCUT2D eigenvalue weighted by atomic mass is 35.5. The van der Waals surface area contributed by atoms with Crippen molar-refractivity contribution in [2.45, 2.75) is 10.9 Å². The van der Waals surface area contributed by atoms with Crippen molar-refractivity contribution < 1.29 is 17.9 Å². The smallest absolute Gasteiger partial charge is 0.247 e. The molecular formula is C19H22ClN3O4S. The molecule has 2 aromatic carbocycles. The number of nitriles is 1. The van der Waals surface area contributed by atoms with Crippen LogP contribution in [0.15, 0.2) is 47.4 Å². The van der Waals surface area contributed by atoms with Crippen molar-refractivity contribution in [1.82, 2.24) is 9.62 Å². The molecule has 7 nitrogen and oxygen atoms in total. The van der Waals surface area contributed by atoms with E-state index in [4.69, 9.17) is 14.7 Å². The van der Waals surface area contributed by atoms with Crippen LogP contribution in [0.3, 0.4) is 0 Å². The van der Waals surface area contributed by atoms with Crippen LogP contribution in [0.25, 0.3) is 0 Å². The zero-order chi connectivity index (χ0) is 19.4. The minimum absolute atomic E-state index is 0. The lowest BCUT2D eigenvalue weighted by molar-refractivity contribution is 0.263. The van der Waals surface area contributed by atoms with Gasteiger partial charge in [-0.25, -0.2) is 8.42 Å². The molecule has 0 aliphatic carbocycles. The molecule has 0 radical (unpaired) electrons. The predicted octanol–water partition coefficient (Wildman–Crippen LogP) is 2.33. The van der Waals surface area contributed by atoms with E-state index in [1.54, 1.807) is 7.11 Å². The van der Waals surface area contributed by atoms with Gasteiger partial charge >= 0.3 is 0 Å². The fraction of sp³-hybridized carbons (Fsp3) is 0.316. The average Bonchev–Trinajstić information content (AvgIpc) is 2.73. The molecule has 1 unspecified atom stereocenters. The second-order valence-electron chi connectivity index (χ2n) is 6.06. The molecule has 0 amide bonds. The van der Waals surface area contributed by atoms with Crippen LogP contribution in [0.4, 0.5) is 0 Å². The molecule has 1 heterocycles. The van der Waals surface area contributed by atoms with E-state index >= 15 is 0 Å². The van der Waals surface area contributed by atoms with Gasteiger partial charge in [0, 0.05) is 25.2 Å². The Morgan fingerprint density at radius 1 is 1.14 bits per heavy atom. The summed E-state index contributed by atoms with van der Waals surface area (Å²) in [7, 11) is -0.888. The van der Waals surface area contributed by atoms with Gasteiger partial charge in [-0.15, -0.1) is 12.4 Å². The SMILES string of the molecule is COc1ccccc1C1CNCCN1S(=O)(=O)c1ccc(C#N)cc1OC.Cl. The van der Waals surface area contributed by atoms with Crippen LogP contribution < -0.4 is 14.8 Å². The van der Waals surface area contributed by atoms with Gasteiger partial charge in [0.25, 0.3) is 0 Å². The number of halogens is 1. The first kappa shape index (κ1) is 22.0. The summed E-state index contributed by atoms with van der Waals surface area (Å²) in [6.45, 7) is 1.33. The van der Waals surface area contributed by atoms with Crippen LogP contribution in [0.5, 0.6) is 11.5 Å². The first-order chi connectivity index (χ1) is 13.0. The minimum atomic E-state index is -3.85. The van der Waals surface area contributed by atoms with Gasteiger partial charge in [-0.1, -0.05) is 18.2 Å². The summed E-state index contributed by atoms with van der Waals surface area (Å²) in [5, 5.41) is 12.3.